The summed E-state index contributed by atoms with van der Waals surface area (Å²) in [7, 11) is 0. The zero-order valence-corrected chi connectivity index (χ0v) is 50.2. The van der Waals surface area contributed by atoms with Gasteiger partial charge in [0.15, 0.2) is 0 Å². The summed E-state index contributed by atoms with van der Waals surface area (Å²) in [6.07, 6.45) is 0. The molecule has 0 spiro atoms. The lowest BCUT2D eigenvalue weighted by atomic mass is 9.79. The van der Waals surface area contributed by atoms with E-state index in [2.05, 4.69) is 352 Å². The van der Waals surface area contributed by atoms with Crippen LogP contribution in [0.25, 0.3) is 43.8 Å². The third-order valence-corrected chi connectivity index (χ3v) is 18.6. The van der Waals surface area contributed by atoms with Crippen LogP contribution < -0.4 is 19.6 Å². The van der Waals surface area contributed by atoms with Crippen molar-refractivity contribution in [2.45, 2.75) is 58.9 Å². The van der Waals surface area contributed by atoms with Gasteiger partial charge in [0.2, 0.25) is 0 Å². The fraction of sp³-hybridized carbons (Fsp3) is 0.108. The molecule has 0 unspecified atom stereocenters. The van der Waals surface area contributed by atoms with Crippen molar-refractivity contribution in [3.8, 4) is 22.3 Å². The van der Waals surface area contributed by atoms with Gasteiger partial charge in [-0.15, -0.1) is 0 Å². The third kappa shape index (κ3) is 9.32. The highest BCUT2D eigenvalue weighted by atomic mass is 15.2. The summed E-state index contributed by atoms with van der Waals surface area (Å²) >= 11 is 0. The average molecular weight is 1120 g/mol. The highest BCUT2D eigenvalue weighted by molar-refractivity contribution is 6.01. The van der Waals surface area contributed by atoms with Gasteiger partial charge in [-0.25, -0.2) is 0 Å². The van der Waals surface area contributed by atoms with E-state index in [4.69, 9.17) is 0 Å². The van der Waals surface area contributed by atoms with Crippen molar-refractivity contribution in [2.24, 2.45) is 0 Å². The van der Waals surface area contributed by atoms with Crippen LogP contribution in [0, 0.1) is 13.8 Å². The van der Waals surface area contributed by atoms with Gasteiger partial charge in [-0.1, -0.05) is 197 Å². The molecule has 0 atom stereocenters. The predicted octanol–water partition coefficient (Wildman–Crippen LogP) is 23.0. The molecular formula is C83H68N4. The number of aryl methyl sites for hydroxylation is 2. The van der Waals surface area contributed by atoms with Crippen LogP contribution in [0.15, 0.2) is 291 Å². The molecule has 15 rings (SSSR count). The summed E-state index contributed by atoms with van der Waals surface area (Å²) in [4.78, 5) is 9.65. The maximum absolute atomic E-state index is 2.54. The number of anilines is 11. The van der Waals surface area contributed by atoms with Gasteiger partial charge >= 0.3 is 0 Å². The van der Waals surface area contributed by atoms with Crippen molar-refractivity contribution < 1.29 is 0 Å². The Morgan fingerprint density at radius 2 is 0.609 bits per heavy atom. The number of hydrogen-bond acceptors (Lipinski definition) is 4. The fourth-order valence-corrected chi connectivity index (χ4v) is 14.0. The van der Waals surface area contributed by atoms with Gasteiger partial charge < -0.3 is 19.6 Å². The molecule has 0 saturated heterocycles. The Morgan fingerprint density at radius 1 is 0.264 bits per heavy atom. The van der Waals surface area contributed by atoms with Crippen LogP contribution in [0.3, 0.4) is 0 Å². The minimum absolute atomic E-state index is 0.223. The lowest BCUT2D eigenvalue weighted by molar-refractivity contribution is 0.651. The molecule has 0 aromatic heterocycles. The lowest BCUT2D eigenvalue weighted by Gasteiger charge is -2.30. The van der Waals surface area contributed by atoms with E-state index in [0.717, 1.165) is 62.6 Å². The first-order valence-corrected chi connectivity index (χ1v) is 30.5. The average Bonchev–Trinajstić information content (AvgIpc) is 1.63. The van der Waals surface area contributed by atoms with Crippen LogP contribution in [-0.2, 0) is 17.4 Å². The minimum Gasteiger partial charge on any atom is -0.337 e. The van der Waals surface area contributed by atoms with E-state index in [1.807, 2.05) is 0 Å². The zero-order valence-electron chi connectivity index (χ0n) is 50.2. The third-order valence-electron chi connectivity index (χ3n) is 18.6. The Morgan fingerprint density at radius 3 is 1.09 bits per heavy atom. The molecule has 0 heterocycles. The Bertz CT molecular complexity index is 4710. The van der Waals surface area contributed by atoms with Crippen molar-refractivity contribution in [2.75, 3.05) is 19.6 Å². The van der Waals surface area contributed by atoms with Crippen molar-refractivity contribution in [3.05, 3.63) is 330 Å². The monoisotopic (exact) mass is 1120 g/mol. The normalized spacial score (nSPS) is 13.2. The number of benzene rings is 13. The summed E-state index contributed by atoms with van der Waals surface area (Å²) in [6.45, 7) is 14.7. The van der Waals surface area contributed by atoms with Gasteiger partial charge in [-0.3, -0.25) is 0 Å². The molecule has 13 aromatic carbocycles. The summed E-state index contributed by atoms with van der Waals surface area (Å²) in [5.41, 5.74) is 26.5. The molecule has 2 aliphatic rings. The van der Waals surface area contributed by atoms with Crippen LogP contribution in [0.5, 0.6) is 0 Å². The first-order chi connectivity index (χ1) is 42.5. The maximum Gasteiger partial charge on any atom is 0.0540 e. The van der Waals surface area contributed by atoms with Crippen molar-refractivity contribution in [1.82, 2.24) is 0 Å². The van der Waals surface area contributed by atoms with E-state index >= 15 is 0 Å². The van der Waals surface area contributed by atoms with Gasteiger partial charge in [-0.05, 0) is 208 Å². The second-order valence-electron chi connectivity index (χ2n) is 24.8. The molecule has 0 N–H and O–H groups in total. The molecule has 0 saturated carbocycles. The largest absolute Gasteiger partial charge is 0.337 e. The van der Waals surface area contributed by atoms with E-state index in [0.29, 0.717) is 6.54 Å². The van der Waals surface area contributed by atoms with E-state index in [-0.39, 0.29) is 10.8 Å². The van der Waals surface area contributed by atoms with Crippen molar-refractivity contribution >= 4 is 84.1 Å². The maximum atomic E-state index is 2.54. The lowest BCUT2D eigenvalue weighted by Crippen LogP contribution is -2.19. The standard InChI is InChI=1S/C83H68N4/c1-56-31-36-61(37-32-56)84(62-40-42-67(43-41-62)86(63-23-9-7-10-24-63)80-29-17-21-59-19-13-15-27-70(59)80)55-58-35-49-72-74-53-79-75(54-78(74)82(3,4)76(72)51-58)73-50-48-69(52-77(73)83(79,5)6)85(65-38-33-57(2)34-39-65)66-44-46-68(47-45-66)87(64-25-11-8-12-26-64)81-30-18-22-60-20-14-16-28-71(60)81/h7-54H,55H2,1-6H3. The molecule has 0 bridgehead atoms. The Labute approximate surface area is 512 Å². The van der Waals surface area contributed by atoms with Gasteiger partial charge in [0.1, 0.15) is 0 Å². The molecule has 87 heavy (non-hydrogen) atoms. The Kier molecular flexibility index (Phi) is 13.0. The SMILES string of the molecule is Cc1ccc(N(Cc2ccc3c(c2)C(C)(C)c2cc4c(cc2-3)C(C)(C)c2cc(N(c3ccc(C)cc3)c3ccc(N(c5ccccc5)c5cccc6ccccc56)cc3)ccc2-4)c2ccc(N(c3ccccc3)c3cccc4ccccc34)cc2)cc1. The smallest absolute Gasteiger partial charge is 0.0540 e. The molecule has 0 amide bonds. The quantitative estimate of drug-likeness (QED) is 0.114. The van der Waals surface area contributed by atoms with Crippen LogP contribution in [0.1, 0.15) is 66.6 Å². The van der Waals surface area contributed by atoms with E-state index < -0.39 is 0 Å². The molecule has 13 aromatic rings. The van der Waals surface area contributed by atoms with E-state index in [9.17, 15) is 0 Å². The second-order valence-corrected chi connectivity index (χ2v) is 24.8. The summed E-state index contributed by atoms with van der Waals surface area (Å²) < 4.78 is 0. The minimum atomic E-state index is -0.253. The first kappa shape index (κ1) is 53.3. The molecule has 0 fully saturated rings. The van der Waals surface area contributed by atoms with Gasteiger partial charge in [0.25, 0.3) is 0 Å². The van der Waals surface area contributed by atoms with Gasteiger partial charge in [-0.2, -0.15) is 0 Å². The summed E-state index contributed by atoms with van der Waals surface area (Å²) in [5.74, 6) is 0. The van der Waals surface area contributed by atoms with E-state index in [1.54, 1.807) is 0 Å². The van der Waals surface area contributed by atoms with Crippen LogP contribution in [0.2, 0.25) is 0 Å². The number of para-hydroxylation sites is 2. The number of fused-ring (bicyclic) bond motifs is 8. The number of rotatable bonds is 13. The van der Waals surface area contributed by atoms with Gasteiger partial charge in [0.05, 0.1) is 11.4 Å². The van der Waals surface area contributed by atoms with Crippen molar-refractivity contribution in [3.63, 3.8) is 0 Å². The van der Waals surface area contributed by atoms with E-state index in [1.165, 1.54) is 82.7 Å². The summed E-state index contributed by atoms with van der Waals surface area (Å²) in [6, 6.07) is 108. The van der Waals surface area contributed by atoms with Crippen LogP contribution >= 0.6 is 0 Å². The molecule has 420 valence electrons. The second kappa shape index (κ2) is 21.3. The molecular weight excluding hydrogens is 1050 g/mol. The number of nitrogens with zero attached hydrogens (tertiary/aromatic N) is 4. The highest BCUT2D eigenvalue weighted by Gasteiger charge is 2.42. The molecule has 2 aliphatic carbocycles. The molecule has 4 nitrogen and oxygen atoms in total. The zero-order chi connectivity index (χ0) is 59.0. The molecule has 4 heteroatoms. The van der Waals surface area contributed by atoms with Gasteiger partial charge in [0, 0.05) is 79.3 Å². The van der Waals surface area contributed by atoms with Crippen molar-refractivity contribution in [1.29, 1.82) is 0 Å². The van der Waals surface area contributed by atoms with Crippen LogP contribution in [0.4, 0.5) is 62.6 Å². The van der Waals surface area contributed by atoms with Crippen LogP contribution in [-0.4, -0.2) is 0 Å². The Hall–Kier alpha value is -10.4. The predicted molar refractivity (Wildman–Crippen MR) is 369 cm³/mol. The topological polar surface area (TPSA) is 13.0 Å². The first-order valence-electron chi connectivity index (χ1n) is 30.5. The fourth-order valence-electron chi connectivity index (χ4n) is 14.0. The summed E-state index contributed by atoms with van der Waals surface area (Å²) in [5, 5.41) is 4.86. The highest BCUT2D eigenvalue weighted by Crippen LogP contribution is 2.57. The molecule has 0 aliphatic heterocycles. The number of hydrogen-bond donors (Lipinski definition) is 0. The Balaban J connectivity index is 0.751. The molecule has 0 radical (unpaired) electrons.